The van der Waals surface area contributed by atoms with Crippen LogP contribution >= 0.6 is 20.1 Å². The van der Waals surface area contributed by atoms with Crippen molar-refractivity contribution < 1.29 is 17.8 Å². The Hall–Kier alpha value is 0.392. The molecule has 0 atom stereocenters. The summed E-state index contributed by atoms with van der Waals surface area (Å²) in [7, 11) is 9.65. The van der Waals surface area contributed by atoms with E-state index in [1.165, 1.54) is 0 Å². The molecule has 0 spiro atoms. The number of rotatable bonds is 0. The second kappa shape index (κ2) is 7.39. The summed E-state index contributed by atoms with van der Waals surface area (Å²) >= 11 is -0.181. The SMILES string of the molecule is [Cl][Cr][Cl].c1ccoc1. The minimum atomic E-state index is -0.181. The maximum Gasteiger partial charge on any atom is 0.0902 e. The Bertz CT molecular complexity index is 80.9. The second-order valence-electron chi connectivity index (χ2n) is 0.851. The van der Waals surface area contributed by atoms with Crippen LogP contribution in [0, 0.1) is 0 Å². The molecule has 0 radical (unpaired) electrons. The third-order valence-corrected chi connectivity index (χ3v) is 0.425. The zero-order valence-corrected chi connectivity index (χ0v) is 6.67. The maximum atomic E-state index is 4.83. The molecular weight excluding hydrogens is 187 g/mol. The van der Waals surface area contributed by atoms with Crippen molar-refractivity contribution in [3.8, 4) is 0 Å². The summed E-state index contributed by atoms with van der Waals surface area (Å²) in [6.45, 7) is 0. The average molecular weight is 191 g/mol. The van der Waals surface area contributed by atoms with Gasteiger partial charge in [-0.15, -0.1) is 0 Å². The van der Waals surface area contributed by atoms with Gasteiger partial charge in [-0.25, -0.2) is 0 Å². The van der Waals surface area contributed by atoms with Gasteiger partial charge in [-0.1, -0.05) is 0 Å². The molecule has 1 aromatic rings. The maximum absolute atomic E-state index is 4.83. The standard InChI is InChI=1S/C4H4O.2ClH.Cr/c1-2-4-5-3-1;;;/h1-4H;2*1H;/q;;;+2/p-2. The van der Waals surface area contributed by atoms with Crippen LogP contribution in [-0.2, 0) is 13.4 Å². The second-order valence-corrected chi connectivity index (χ2v) is 2.96. The third kappa shape index (κ3) is 6.39. The van der Waals surface area contributed by atoms with Crippen molar-refractivity contribution in [2.24, 2.45) is 0 Å². The van der Waals surface area contributed by atoms with E-state index in [1.807, 2.05) is 12.1 Å². The van der Waals surface area contributed by atoms with Gasteiger partial charge in [0, 0.05) is 0 Å². The summed E-state index contributed by atoms with van der Waals surface area (Å²) in [5.41, 5.74) is 0. The number of hydrogen-bond acceptors (Lipinski definition) is 1. The average Bonchev–Trinajstić information content (AvgIpc) is 2.17. The molecule has 0 saturated carbocycles. The number of halogens is 2. The summed E-state index contributed by atoms with van der Waals surface area (Å²) < 4.78 is 4.58. The summed E-state index contributed by atoms with van der Waals surface area (Å²) in [6.07, 6.45) is 3.25. The Labute approximate surface area is 62.7 Å². The Morgan fingerprint density at radius 1 is 1.12 bits per heavy atom. The molecule has 0 fully saturated rings. The van der Waals surface area contributed by atoms with Crippen molar-refractivity contribution in [2.45, 2.75) is 0 Å². The van der Waals surface area contributed by atoms with Gasteiger partial charge in [-0.2, -0.15) is 0 Å². The van der Waals surface area contributed by atoms with Gasteiger partial charge < -0.3 is 4.42 Å². The van der Waals surface area contributed by atoms with Crippen LogP contribution in [-0.4, -0.2) is 0 Å². The fourth-order valence-electron chi connectivity index (χ4n) is 0.227. The first-order valence-electron chi connectivity index (χ1n) is 1.78. The van der Waals surface area contributed by atoms with Gasteiger partial charge in [0.25, 0.3) is 0 Å². The van der Waals surface area contributed by atoms with E-state index >= 15 is 0 Å². The molecule has 4 heteroatoms. The first-order chi connectivity index (χ1) is 3.91. The van der Waals surface area contributed by atoms with Crippen LogP contribution in [0.15, 0.2) is 29.1 Å². The monoisotopic (exact) mass is 190 g/mol. The zero-order valence-electron chi connectivity index (χ0n) is 3.88. The van der Waals surface area contributed by atoms with Gasteiger partial charge in [0.2, 0.25) is 0 Å². The Kier molecular flexibility index (Phi) is 7.76. The van der Waals surface area contributed by atoms with Crippen LogP contribution in [0.1, 0.15) is 0 Å². The molecule has 0 bridgehead atoms. The molecule has 0 aliphatic heterocycles. The van der Waals surface area contributed by atoms with Crippen LogP contribution in [0.5, 0.6) is 0 Å². The van der Waals surface area contributed by atoms with E-state index in [9.17, 15) is 0 Å². The van der Waals surface area contributed by atoms with Gasteiger partial charge in [0.15, 0.2) is 0 Å². The minimum Gasteiger partial charge on any atom is -0.473 e. The molecule has 0 N–H and O–H groups in total. The smallest absolute Gasteiger partial charge is 0.0902 e. The van der Waals surface area contributed by atoms with E-state index in [4.69, 9.17) is 20.1 Å². The summed E-state index contributed by atoms with van der Waals surface area (Å²) in [5, 5.41) is 0. The molecule has 8 heavy (non-hydrogen) atoms. The van der Waals surface area contributed by atoms with E-state index in [1.54, 1.807) is 12.5 Å². The molecule has 0 aromatic carbocycles. The quantitative estimate of drug-likeness (QED) is 0.614. The first kappa shape index (κ1) is 8.39. The van der Waals surface area contributed by atoms with Crippen LogP contribution in [0.4, 0.5) is 0 Å². The molecule has 0 aliphatic rings. The minimum absolute atomic E-state index is 0.181. The van der Waals surface area contributed by atoms with Crippen molar-refractivity contribution in [3.63, 3.8) is 0 Å². The van der Waals surface area contributed by atoms with E-state index in [0.29, 0.717) is 0 Å². The molecule has 1 aromatic heterocycles. The van der Waals surface area contributed by atoms with Gasteiger partial charge >= 0.3 is 33.5 Å². The first-order valence-corrected chi connectivity index (χ1v) is 5.29. The summed E-state index contributed by atoms with van der Waals surface area (Å²) in [4.78, 5) is 0. The molecular formula is C4H4Cl2CrO. The molecule has 1 rings (SSSR count). The van der Waals surface area contributed by atoms with Crippen molar-refractivity contribution in [2.75, 3.05) is 0 Å². The molecule has 0 saturated heterocycles. The molecule has 0 unspecified atom stereocenters. The predicted octanol–water partition coefficient (Wildman–Crippen LogP) is 2.66. The van der Waals surface area contributed by atoms with E-state index < -0.39 is 0 Å². The van der Waals surface area contributed by atoms with E-state index in [0.717, 1.165) is 0 Å². The summed E-state index contributed by atoms with van der Waals surface area (Å²) in [6, 6.07) is 3.67. The Morgan fingerprint density at radius 3 is 1.62 bits per heavy atom. The Balaban J connectivity index is 0.000000145. The van der Waals surface area contributed by atoms with E-state index in [2.05, 4.69) is 4.42 Å². The third-order valence-electron chi connectivity index (χ3n) is 0.425. The largest absolute Gasteiger partial charge is 0.473 e. The Morgan fingerprint density at radius 2 is 1.50 bits per heavy atom. The van der Waals surface area contributed by atoms with Crippen molar-refractivity contribution in [1.82, 2.24) is 0 Å². The summed E-state index contributed by atoms with van der Waals surface area (Å²) in [5.74, 6) is 0. The molecule has 1 heterocycles. The van der Waals surface area contributed by atoms with Crippen molar-refractivity contribution in [1.29, 1.82) is 0 Å². The molecule has 46 valence electrons. The van der Waals surface area contributed by atoms with Gasteiger partial charge in [0.05, 0.1) is 12.5 Å². The van der Waals surface area contributed by atoms with Crippen molar-refractivity contribution in [3.05, 3.63) is 24.7 Å². The molecule has 0 amide bonds. The molecule has 1 nitrogen and oxygen atoms in total. The molecule has 0 aliphatic carbocycles. The van der Waals surface area contributed by atoms with Gasteiger partial charge in [-0.3, -0.25) is 0 Å². The van der Waals surface area contributed by atoms with Crippen LogP contribution in [0.2, 0.25) is 0 Å². The van der Waals surface area contributed by atoms with E-state index in [-0.39, 0.29) is 13.4 Å². The van der Waals surface area contributed by atoms with Crippen LogP contribution in [0.25, 0.3) is 0 Å². The fourth-order valence-corrected chi connectivity index (χ4v) is 0.227. The van der Waals surface area contributed by atoms with Gasteiger partial charge in [-0.05, 0) is 12.1 Å². The number of hydrogen-bond donors (Lipinski definition) is 0. The predicted molar refractivity (Wildman–Crippen MR) is 30.4 cm³/mol. The normalized spacial score (nSPS) is 7.25. The zero-order chi connectivity index (χ0) is 6.24. The topological polar surface area (TPSA) is 13.1 Å². The van der Waals surface area contributed by atoms with Crippen molar-refractivity contribution >= 4 is 20.1 Å². The van der Waals surface area contributed by atoms with Crippen LogP contribution in [0.3, 0.4) is 0 Å². The van der Waals surface area contributed by atoms with Gasteiger partial charge in [0.1, 0.15) is 0 Å². The fraction of sp³-hybridized carbons (Fsp3) is 0. The number of furan rings is 1. The van der Waals surface area contributed by atoms with Crippen LogP contribution < -0.4 is 0 Å².